The maximum atomic E-state index is 12.3. The van der Waals surface area contributed by atoms with Crippen LogP contribution in [0.5, 0.6) is 0 Å². The summed E-state index contributed by atoms with van der Waals surface area (Å²) in [7, 11) is 1.84. The molecule has 2 aliphatic carbocycles. The third kappa shape index (κ3) is 3.95. The van der Waals surface area contributed by atoms with Gasteiger partial charge in [0.1, 0.15) is 0 Å². The van der Waals surface area contributed by atoms with Gasteiger partial charge in [0.05, 0.1) is 6.10 Å². The van der Waals surface area contributed by atoms with Gasteiger partial charge in [-0.1, -0.05) is 26.7 Å². The molecule has 2 rings (SSSR count). The molecule has 0 aliphatic heterocycles. The highest BCUT2D eigenvalue weighted by Crippen LogP contribution is 2.42. The third-order valence-electron chi connectivity index (χ3n) is 5.20. The molecule has 2 unspecified atom stereocenters. The van der Waals surface area contributed by atoms with Crippen LogP contribution >= 0.6 is 0 Å². The summed E-state index contributed by atoms with van der Waals surface area (Å²) in [4.78, 5) is 14.0. The smallest absolute Gasteiger partial charge is 0.222 e. The molecule has 0 bridgehead atoms. The molecule has 2 saturated carbocycles. The quantitative estimate of drug-likeness (QED) is 0.832. The number of aliphatic hydroxyl groups is 1. The van der Waals surface area contributed by atoms with Crippen molar-refractivity contribution >= 4 is 5.91 Å². The standard InChI is InChI=1S/C16H29NO2/c1-16(2)9-5-4-6-13(16)10-15(19)17(3)11-14(18)12-7-8-12/h12-14,18H,4-11H2,1-3H3. The molecule has 0 heterocycles. The summed E-state index contributed by atoms with van der Waals surface area (Å²) in [6, 6.07) is 0. The summed E-state index contributed by atoms with van der Waals surface area (Å²) in [5, 5.41) is 9.92. The highest BCUT2D eigenvalue weighted by Gasteiger charge is 2.35. The van der Waals surface area contributed by atoms with E-state index >= 15 is 0 Å². The Hall–Kier alpha value is -0.570. The van der Waals surface area contributed by atoms with Crippen molar-refractivity contribution in [2.24, 2.45) is 17.3 Å². The monoisotopic (exact) mass is 267 g/mol. The minimum Gasteiger partial charge on any atom is -0.391 e. The number of likely N-dealkylation sites (N-methyl/N-ethyl adjacent to an activating group) is 1. The SMILES string of the molecule is CN(CC(O)C1CC1)C(=O)CC1CCCCC1(C)C. The van der Waals surface area contributed by atoms with Gasteiger partial charge in [0.2, 0.25) is 5.91 Å². The lowest BCUT2D eigenvalue weighted by Gasteiger charge is -2.39. The molecule has 3 heteroatoms. The highest BCUT2D eigenvalue weighted by atomic mass is 16.3. The molecule has 3 nitrogen and oxygen atoms in total. The molecule has 1 N–H and O–H groups in total. The summed E-state index contributed by atoms with van der Waals surface area (Å²) in [5.41, 5.74) is 0.295. The summed E-state index contributed by atoms with van der Waals surface area (Å²) >= 11 is 0. The molecule has 0 saturated heterocycles. The molecule has 0 aromatic carbocycles. The second kappa shape index (κ2) is 5.82. The molecule has 19 heavy (non-hydrogen) atoms. The Morgan fingerprint density at radius 1 is 1.32 bits per heavy atom. The zero-order valence-electron chi connectivity index (χ0n) is 12.7. The summed E-state index contributed by atoms with van der Waals surface area (Å²) in [5.74, 6) is 1.16. The molecule has 0 spiro atoms. The number of hydrogen-bond acceptors (Lipinski definition) is 2. The van der Waals surface area contributed by atoms with Gasteiger partial charge < -0.3 is 10.0 Å². The molecule has 110 valence electrons. The molecular formula is C16H29NO2. The van der Waals surface area contributed by atoms with Crippen molar-refractivity contribution in [2.45, 2.75) is 64.9 Å². The lowest BCUT2D eigenvalue weighted by molar-refractivity contribution is -0.133. The average Bonchev–Trinajstić information content (AvgIpc) is 3.15. The summed E-state index contributed by atoms with van der Waals surface area (Å²) < 4.78 is 0. The van der Waals surface area contributed by atoms with Crippen LogP contribution in [-0.4, -0.2) is 35.6 Å². The third-order valence-corrected chi connectivity index (χ3v) is 5.20. The van der Waals surface area contributed by atoms with Gasteiger partial charge in [0, 0.05) is 20.0 Å². The molecule has 2 atom stereocenters. The van der Waals surface area contributed by atoms with Crippen molar-refractivity contribution in [3.63, 3.8) is 0 Å². The first kappa shape index (κ1) is 14.8. The van der Waals surface area contributed by atoms with Gasteiger partial charge in [0.25, 0.3) is 0 Å². The number of carbonyl (C=O) groups excluding carboxylic acids is 1. The second-order valence-corrected chi connectivity index (χ2v) is 7.31. The lowest BCUT2D eigenvalue weighted by atomic mass is 9.67. The lowest BCUT2D eigenvalue weighted by Crippen LogP contribution is -2.38. The van der Waals surface area contributed by atoms with Gasteiger partial charge in [0.15, 0.2) is 0 Å². The Morgan fingerprint density at radius 2 is 2.00 bits per heavy atom. The van der Waals surface area contributed by atoms with E-state index in [1.807, 2.05) is 7.05 Å². The fraction of sp³-hybridized carbons (Fsp3) is 0.938. The zero-order valence-corrected chi connectivity index (χ0v) is 12.7. The van der Waals surface area contributed by atoms with E-state index in [0.29, 0.717) is 30.2 Å². The van der Waals surface area contributed by atoms with Crippen LogP contribution in [-0.2, 0) is 4.79 Å². The van der Waals surface area contributed by atoms with Crippen LogP contribution in [0.15, 0.2) is 0 Å². The van der Waals surface area contributed by atoms with Crippen LogP contribution in [0.4, 0.5) is 0 Å². The van der Waals surface area contributed by atoms with Gasteiger partial charge in [-0.05, 0) is 42.9 Å². The summed E-state index contributed by atoms with van der Waals surface area (Å²) in [6.07, 6.45) is 7.56. The van der Waals surface area contributed by atoms with E-state index in [0.717, 1.165) is 12.8 Å². The molecule has 0 aromatic heterocycles. The predicted octanol–water partition coefficient (Wildman–Crippen LogP) is 2.82. The van der Waals surface area contributed by atoms with Crippen LogP contribution < -0.4 is 0 Å². The Kier molecular flexibility index (Phi) is 4.54. The number of amides is 1. The van der Waals surface area contributed by atoms with E-state index in [4.69, 9.17) is 0 Å². The van der Waals surface area contributed by atoms with Crippen molar-refractivity contribution in [3.8, 4) is 0 Å². The Morgan fingerprint density at radius 3 is 2.58 bits per heavy atom. The first-order valence-electron chi connectivity index (χ1n) is 7.82. The number of aliphatic hydroxyl groups excluding tert-OH is 1. The van der Waals surface area contributed by atoms with Gasteiger partial charge in [-0.25, -0.2) is 0 Å². The van der Waals surface area contributed by atoms with Gasteiger partial charge in [-0.3, -0.25) is 4.79 Å². The molecular weight excluding hydrogens is 238 g/mol. The minimum absolute atomic E-state index is 0.208. The molecule has 0 aromatic rings. The van der Waals surface area contributed by atoms with E-state index in [9.17, 15) is 9.90 Å². The van der Waals surface area contributed by atoms with Crippen molar-refractivity contribution in [2.75, 3.05) is 13.6 Å². The Labute approximate surface area is 117 Å². The van der Waals surface area contributed by atoms with Gasteiger partial charge in [-0.15, -0.1) is 0 Å². The van der Waals surface area contributed by atoms with Crippen LogP contribution in [0, 0.1) is 17.3 Å². The maximum absolute atomic E-state index is 12.3. The van der Waals surface area contributed by atoms with Crippen LogP contribution in [0.25, 0.3) is 0 Å². The van der Waals surface area contributed by atoms with E-state index in [2.05, 4.69) is 13.8 Å². The molecule has 2 fully saturated rings. The second-order valence-electron chi connectivity index (χ2n) is 7.31. The molecule has 1 amide bonds. The molecule has 0 radical (unpaired) electrons. The predicted molar refractivity (Wildman–Crippen MR) is 76.7 cm³/mol. The number of carbonyl (C=O) groups is 1. The molecule has 2 aliphatic rings. The Bertz CT molecular complexity index is 323. The first-order valence-corrected chi connectivity index (χ1v) is 7.82. The van der Waals surface area contributed by atoms with E-state index in [1.54, 1.807) is 4.90 Å². The average molecular weight is 267 g/mol. The highest BCUT2D eigenvalue weighted by molar-refractivity contribution is 5.76. The Balaban J connectivity index is 1.81. The van der Waals surface area contributed by atoms with E-state index in [-0.39, 0.29) is 12.0 Å². The van der Waals surface area contributed by atoms with Crippen LogP contribution in [0.2, 0.25) is 0 Å². The number of nitrogens with zero attached hydrogens (tertiary/aromatic N) is 1. The fourth-order valence-electron chi connectivity index (χ4n) is 3.32. The minimum atomic E-state index is -0.312. The van der Waals surface area contributed by atoms with Crippen LogP contribution in [0.3, 0.4) is 0 Å². The topological polar surface area (TPSA) is 40.5 Å². The normalized spacial score (nSPS) is 27.9. The number of rotatable bonds is 5. The van der Waals surface area contributed by atoms with Gasteiger partial charge in [-0.2, -0.15) is 0 Å². The largest absolute Gasteiger partial charge is 0.391 e. The first-order chi connectivity index (χ1) is 8.90. The van der Waals surface area contributed by atoms with Crippen molar-refractivity contribution < 1.29 is 9.90 Å². The van der Waals surface area contributed by atoms with Crippen molar-refractivity contribution in [3.05, 3.63) is 0 Å². The van der Waals surface area contributed by atoms with Crippen molar-refractivity contribution in [1.29, 1.82) is 0 Å². The summed E-state index contributed by atoms with van der Waals surface area (Å²) in [6.45, 7) is 5.10. The van der Waals surface area contributed by atoms with E-state index in [1.165, 1.54) is 25.7 Å². The maximum Gasteiger partial charge on any atom is 0.222 e. The zero-order chi connectivity index (χ0) is 14.0. The van der Waals surface area contributed by atoms with Crippen molar-refractivity contribution in [1.82, 2.24) is 4.90 Å². The van der Waals surface area contributed by atoms with E-state index < -0.39 is 0 Å². The fourth-order valence-corrected chi connectivity index (χ4v) is 3.32. The van der Waals surface area contributed by atoms with Crippen LogP contribution in [0.1, 0.15) is 58.8 Å². The van der Waals surface area contributed by atoms with Gasteiger partial charge >= 0.3 is 0 Å². The number of hydrogen-bond donors (Lipinski definition) is 1.